The van der Waals surface area contributed by atoms with Gasteiger partial charge in [0.15, 0.2) is 5.15 Å². The Bertz CT molecular complexity index is 1870. The van der Waals surface area contributed by atoms with Crippen molar-refractivity contribution in [1.29, 1.82) is 0 Å². The summed E-state index contributed by atoms with van der Waals surface area (Å²) >= 11 is 12.2. The molecule has 11 nitrogen and oxygen atoms in total. The number of carbonyl (C=O) groups is 3. The summed E-state index contributed by atoms with van der Waals surface area (Å²) in [5.74, 6) is -1.83. The monoisotopic (exact) mass is 620 g/mol. The van der Waals surface area contributed by atoms with E-state index in [1.165, 1.54) is 32.8 Å². The maximum Gasteiger partial charge on any atom is 0.247 e. The van der Waals surface area contributed by atoms with Crippen molar-refractivity contribution < 1.29 is 18.8 Å². The lowest BCUT2D eigenvalue weighted by atomic mass is 10.0. The van der Waals surface area contributed by atoms with Crippen LogP contribution in [0.15, 0.2) is 73.1 Å². The third-order valence-electron chi connectivity index (χ3n) is 7.07. The third-order valence-corrected chi connectivity index (χ3v) is 7.48. The molecule has 3 amide bonds. The molecule has 2 aromatic heterocycles. The fourth-order valence-corrected chi connectivity index (χ4v) is 5.34. The van der Waals surface area contributed by atoms with Crippen molar-refractivity contribution in [3.05, 3.63) is 94.6 Å². The Morgan fingerprint density at radius 1 is 0.977 bits per heavy atom. The molecule has 6 rings (SSSR count). The molecule has 1 atom stereocenters. The van der Waals surface area contributed by atoms with Crippen molar-refractivity contribution in [2.24, 2.45) is 7.05 Å². The highest BCUT2D eigenvalue weighted by Crippen LogP contribution is 2.30. The zero-order chi connectivity index (χ0) is 30.2. The summed E-state index contributed by atoms with van der Waals surface area (Å²) in [6.45, 7) is -0.743. The number of aryl methyl sites for hydroxylation is 1. The number of fused-ring (bicyclic) bond motifs is 1. The summed E-state index contributed by atoms with van der Waals surface area (Å²) in [6.07, 6.45) is 3.34. The van der Waals surface area contributed by atoms with Gasteiger partial charge in [0.2, 0.25) is 17.7 Å². The van der Waals surface area contributed by atoms with Crippen molar-refractivity contribution in [3.8, 4) is 5.69 Å². The van der Waals surface area contributed by atoms with Crippen LogP contribution in [0, 0.1) is 5.82 Å². The first-order valence-corrected chi connectivity index (χ1v) is 13.9. The number of piperazine rings is 1. The molecule has 1 saturated heterocycles. The molecule has 218 valence electrons. The van der Waals surface area contributed by atoms with Crippen molar-refractivity contribution >= 4 is 63.2 Å². The number of halogens is 3. The van der Waals surface area contributed by atoms with Crippen molar-refractivity contribution in [1.82, 2.24) is 29.7 Å². The number of carbonyl (C=O) groups excluding carboxylic acids is 3. The smallest absolute Gasteiger partial charge is 0.247 e. The van der Waals surface area contributed by atoms with Gasteiger partial charge in [-0.15, -0.1) is 5.10 Å². The number of nitrogens with zero attached hydrogens (tertiary/aromatic N) is 7. The van der Waals surface area contributed by atoms with E-state index < -0.39 is 29.6 Å². The minimum atomic E-state index is -1.07. The van der Waals surface area contributed by atoms with Gasteiger partial charge >= 0.3 is 0 Å². The topological polar surface area (TPSA) is 118 Å². The number of aromatic nitrogens is 5. The molecular weight excluding hydrogens is 598 g/mol. The summed E-state index contributed by atoms with van der Waals surface area (Å²) in [7, 11) is 1.80. The highest BCUT2D eigenvalue weighted by atomic mass is 35.5. The molecule has 1 aliphatic heterocycles. The number of hydrogen-bond donors (Lipinski definition) is 1. The van der Waals surface area contributed by atoms with Gasteiger partial charge in [-0.25, -0.2) is 9.07 Å². The van der Waals surface area contributed by atoms with Crippen LogP contribution < -0.4 is 10.2 Å². The molecule has 43 heavy (non-hydrogen) atoms. The van der Waals surface area contributed by atoms with Crippen LogP contribution in [0.2, 0.25) is 10.2 Å². The number of hydrogen-bond acceptors (Lipinski definition) is 6. The number of amides is 3. The Morgan fingerprint density at radius 2 is 1.77 bits per heavy atom. The molecule has 3 heterocycles. The van der Waals surface area contributed by atoms with E-state index in [1.807, 2.05) is 6.20 Å². The number of rotatable bonds is 7. The van der Waals surface area contributed by atoms with E-state index in [0.29, 0.717) is 27.6 Å². The maximum absolute atomic E-state index is 13.7. The van der Waals surface area contributed by atoms with Crippen LogP contribution in [0.25, 0.3) is 16.6 Å². The molecule has 5 aromatic rings. The van der Waals surface area contributed by atoms with Crippen LogP contribution in [0.4, 0.5) is 15.8 Å². The molecule has 0 saturated carbocycles. The summed E-state index contributed by atoms with van der Waals surface area (Å²) in [6, 6.07) is 14.6. The molecule has 14 heteroatoms. The summed E-state index contributed by atoms with van der Waals surface area (Å²) in [5.41, 5.74) is 2.64. The van der Waals surface area contributed by atoms with Gasteiger partial charge in [-0.05, 0) is 54.1 Å². The number of benzene rings is 3. The molecular formula is C29H23Cl2FN8O3. The Balaban J connectivity index is 1.29. The molecule has 3 aromatic carbocycles. The number of anilines is 2. The Kier molecular flexibility index (Phi) is 7.55. The summed E-state index contributed by atoms with van der Waals surface area (Å²) < 4.78 is 16.7. The first-order valence-electron chi connectivity index (χ1n) is 13.1. The van der Waals surface area contributed by atoms with Crippen LogP contribution >= 0.6 is 23.2 Å². The van der Waals surface area contributed by atoms with Gasteiger partial charge in [-0.1, -0.05) is 40.5 Å². The molecule has 1 fully saturated rings. The Hall–Kier alpha value is -4.81. The predicted octanol–water partition coefficient (Wildman–Crippen LogP) is 4.03. The van der Waals surface area contributed by atoms with Gasteiger partial charge in [0.1, 0.15) is 24.9 Å². The first kappa shape index (κ1) is 28.3. The van der Waals surface area contributed by atoms with Gasteiger partial charge in [-0.3, -0.25) is 24.0 Å². The largest absolute Gasteiger partial charge is 0.324 e. The molecule has 1 unspecified atom stereocenters. The molecule has 0 spiro atoms. The molecule has 0 bridgehead atoms. The number of nitrogens with one attached hydrogen (secondary N) is 1. The normalized spacial score (nSPS) is 14.4. The van der Waals surface area contributed by atoms with Gasteiger partial charge in [0.25, 0.3) is 0 Å². The Morgan fingerprint density at radius 3 is 2.51 bits per heavy atom. The van der Waals surface area contributed by atoms with Crippen LogP contribution in [0.3, 0.4) is 0 Å². The van der Waals surface area contributed by atoms with Gasteiger partial charge in [0.05, 0.1) is 23.1 Å². The lowest BCUT2D eigenvalue weighted by Gasteiger charge is -2.38. The zero-order valence-corrected chi connectivity index (χ0v) is 24.1. The van der Waals surface area contributed by atoms with E-state index in [9.17, 15) is 18.8 Å². The molecule has 0 radical (unpaired) electrons. The van der Waals surface area contributed by atoms with E-state index >= 15 is 0 Å². The van der Waals surface area contributed by atoms with Crippen LogP contribution in [-0.2, 0) is 27.9 Å². The van der Waals surface area contributed by atoms with Crippen LogP contribution in [0.1, 0.15) is 5.56 Å². The minimum Gasteiger partial charge on any atom is -0.324 e. The van der Waals surface area contributed by atoms with E-state index in [-0.39, 0.29) is 24.7 Å². The second kappa shape index (κ2) is 11.5. The van der Waals surface area contributed by atoms with E-state index in [1.54, 1.807) is 60.3 Å². The van der Waals surface area contributed by atoms with Gasteiger partial charge in [0, 0.05) is 35.8 Å². The van der Waals surface area contributed by atoms with Gasteiger partial charge in [-0.2, -0.15) is 5.10 Å². The van der Waals surface area contributed by atoms with Crippen molar-refractivity contribution in [2.45, 2.75) is 12.5 Å². The van der Waals surface area contributed by atoms with Crippen LogP contribution in [0.5, 0.6) is 0 Å². The standard InChI is InChI=1S/C29H23Cl2FN8O3/c1-37-13-18-11-21(7-8-22(18)35-37)33-29(43)25(10-17-2-5-20(32)6-3-17)39-16-27(41)38(15-28(39)42)24-12-19(30)4-9-23(24)40-14-26(31)34-36-40/h2-9,11-14,25H,10,15-16H2,1H3,(H,33,43). The maximum atomic E-state index is 13.7. The molecule has 1 aliphatic rings. The second-order valence-corrected chi connectivity index (χ2v) is 10.9. The summed E-state index contributed by atoms with van der Waals surface area (Å²) in [5, 5.41) is 16.3. The SMILES string of the molecule is Cn1cc2cc(NC(=O)C(Cc3ccc(F)cc3)N3CC(=O)N(c4cc(Cl)ccc4-n4cc(Cl)nn4)CC3=O)ccc2n1. The Labute approximate surface area is 254 Å². The summed E-state index contributed by atoms with van der Waals surface area (Å²) in [4.78, 5) is 43.6. The average molecular weight is 621 g/mol. The van der Waals surface area contributed by atoms with Crippen molar-refractivity contribution in [3.63, 3.8) is 0 Å². The van der Waals surface area contributed by atoms with Crippen molar-refractivity contribution in [2.75, 3.05) is 23.3 Å². The lowest BCUT2D eigenvalue weighted by molar-refractivity contribution is -0.143. The first-order chi connectivity index (χ1) is 20.6. The quantitative estimate of drug-likeness (QED) is 0.294. The minimum absolute atomic E-state index is 0.0557. The predicted molar refractivity (Wildman–Crippen MR) is 159 cm³/mol. The highest BCUT2D eigenvalue weighted by Gasteiger charge is 2.39. The molecule has 1 N–H and O–H groups in total. The van der Waals surface area contributed by atoms with E-state index in [0.717, 1.165) is 10.9 Å². The fourth-order valence-electron chi connectivity index (χ4n) is 5.05. The zero-order valence-electron chi connectivity index (χ0n) is 22.6. The lowest BCUT2D eigenvalue weighted by Crippen LogP contribution is -2.60. The second-order valence-electron chi connectivity index (χ2n) is 10.0. The average Bonchev–Trinajstić information content (AvgIpc) is 3.57. The third kappa shape index (κ3) is 5.92. The highest BCUT2D eigenvalue weighted by molar-refractivity contribution is 6.31. The molecule has 0 aliphatic carbocycles. The van der Waals surface area contributed by atoms with Crippen LogP contribution in [-0.4, -0.2) is 66.5 Å². The fraction of sp³-hybridized carbons (Fsp3) is 0.172. The van der Waals surface area contributed by atoms with E-state index in [2.05, 4.69) is 20.7 Å². The van der Waals surface area contributed by atoms with Gasteiger partial charge < -0.3 is 10.2 Å². The van der Waals surface area contributed by atoms with E-state index in [4.69, 9.17) is 23.2 Å².